The Kier molecular flexibility index (Phi) is 6.31. The average Bonchev–Trinajstić information content (AvgIpc) is 2.46. The average molecular weight is 326 g/mol. The molecule has 0 aliphatic carbocycles. The quantitative estimate of drug-likeness (QED) is 0.841. The van der Waals surface area contributed by atoms with Crippen LogP contribution in [-0.2, 0) is 0 Å². The molecular weight excluding hydrogens is 302 g/mol. The van der Waals surface area contributed by atoms with Crippen LogP contribution in [0.15, 0.2) is 28.7 Å². The molecule has 1 aromatic carbocycles. The van der Waals surface area contributed by atoms with E-state index in [9.17, 15) is 0 Å². The van der Waals surface area contributed by atoms with Gasteiger partial charge in [-0.2, -0.15) is 0 Å². The Hall–Kier alpha value is -0.420. The molecule has 1 atom stereocenters. The van der Waals surface area contributed by atoms with E-state index in [0.717, 1.165) is 17.6 Å². The maximum atomic E-state index is 3.49. The summed E-state index contributed by atoms with van der Waals surface area (Å²) in [6, 6.07) is 9.12. The summed E-state index contributed by atoms with van der Waals surface area (Å²) in [5.41, 5.74) is 1.38. The summed E-state index contributed by atoms with van der Waals surface area (Å²) >= 11 is 3.49. The molecule has 1 aliphatic rings. The van der Waals surface area contributed by atoms with Crippen LogP contribution in [0.3, 0.4) is 0 Å². The lowest BCUT2D eigenvalue weighted by atomic mass is 10.0. The monoisotopic (exact) mass is 325 g/mol. The number of rotatable bonds is 6. The normalized spacial score (nSPS) is 18.4. The van der Waals surface area contributed by atoms with Crippen molar-refractivity contribution < 1.29 is 0 Å². The van der Waals surface area contributed by atoms with Gasteiger partial charge in [-0.1, -0.05) is 28.1 Å². The van der Waals surface area contributed by atoms with E-state index >= 15 is 0 Å². The van der Waals surface area contributed by atoms with Crippen molar-refractivity contribution in [2.24, 2.45) is 0 Å². The van der Waals surface area contributed by atoms with Crippen LogP contribution >= 0.6 is 15.9 Å². The van der Waals surface area contributed by atoms with Crippen molar-refractivity contribution in [3.05, 3.63) is 34.3 Å². The van der Waals surface area contributed by atoms with Gasteiger partial charge in [0.1, 0.15) is 0 Å². The Morgan fingerprint density at radius 1 is 1.26 bits per heavy atom. The number of nitrogens with one attached hydrogen (secondary N) is 2. The van der Waals surface area contributed by atoms with Gasteiger partial charge in [-0.15, -0.1) is 0 Å². The number of hydrogen-bond acceptors (Lipinski definition) is 3. The third-order valence-corrected chi connectivity index (χ3v) is 4.33. The number of nitrogens with zero attached hydrogens (tertiary/aromatic N) is 1. The minimum Gasteiger partial charge on any atom is -0.314 e. The largest absolute Gasteiger partial charge is 0.314 e. The third kappa shape index (κ3) is 4.88. The van der Waals surface area contributed by atoms with E-state index in [2.05, 4.69) is 62.8 Å². The lowest BCUT2D eigenvalue weighted by Crippen LogP contribution is -2.43. The molecule has 3 nitrogen and oxygen atoms in total. The van der Waals surface area contributed by atoms with Crippen LogP contribution in [0, 0.1) is 0 Å². The van der Waals surface area contributed by atoms with Gasteiger partial charge < -0.3 is 15.5 Å². The van der Waals surface area contributed by atoms with E-state index in [1.54, 1.807) is 0 Å². The fraction of sp³-hybridized carbons (Fsp3) is 0.600. The highest BCUT2D eigenvalue weighted by Gasteiger charge is 2.12. The zero-order valence-electron chi connectivity index (χ0n) is 11.7. The molecule has 106 valence electrons. The molecule has 2 N–H and O–H groups in total. The molecular formula is C15H24BrN3. The van der Waals surface area contributed by atoms with Gasteiger partial charge in [0.2, 0.25) is 0 Å². The van der Waals surface area contributed by atoms with E-state index in [-0.39, 0.29) is 0 Å². The first-order valence-corrected chi connectivity index (χ1v) is 7.94. The summed E-state index contributed by atoms with van der Waals surface area (Å²) < 4.78 is 1.15. The summed E-state index contributed by atoms with van der Waals surface area (Å²) in [5.74, 6) is 0. The summed E-state index contributed by atoms with van der Waals surface area (Å²) in [7, 11) is 2.05. The highest BCUT2D eigenvalue weighted by atomic mass is 79.9. The van der Waals surface area contributed by atoms with Crippen molar-refractivity contribution in [1.29, 1.82) is 0 Å². The van der Waals surface area contributed by atoms with Gasteiger partial charge in [0.15, 0.2) is 0 Å². The summed E-state index contributed by atoms with van der Waals surface area (Å²) in [6.07, 6.45) is 2.45. The Balaban J connectivity index is 1.77. The van der Waals surface area contributed by atoms with Crippen LogP contribution in [0.4, 0.5) is 0 Å². The molecule has 1 fully saturated rings. The SMILES string of the molecule is CNC(CCCN1CCNCC1)c1ccc(Br)cc1. The van der Waals surface area contributed by atoms with Crippen molar-refractivity contribution in [2.75, 3.05) is 39.8 Å². The predicted molar refractivity (Wildman–Crippen MR) is 84.5 cm³/mol. The van der Waals surface area contributed by atoms with Crippen LogP contribution in [0.25, 0.3) is 0 Å². The number of hydrogen-bond donors (Lipinski definition) is 2. The zero-order chi connectivity index (χ0) is 13.5. The molecule has 2 rings (SSSR count). The highest BCUT2D eigenvalue weighted by Crippen LogP contribution is 2.20. The predicted octanol–water partition coefficient (Wildman–Crippen LogP) is 2.40. The van der Waals surface area contributed by atoms with Gasteiger partial charge in [0, 0.05) is 36.7 Å². The summed E-state index contributed by atoms with van der Waals surface area (Å²) in [4.78, 5) is 2.56. The third-order valence-electron chi connectivity index (χ3n) is 3.80. The first kappa shape index (κ1) is 15.0. The molecule has 0 aromatic heterocycles. The smallest absolute Gasteiger partial charge is 0.0318 e. The lowest BCUT2D eigenvalue weighted by Gasteiger charge is -2.27. The first-order valence-electron chi connectivity index (χ1n) is 7.15. The molecule has 0 spiro atoms. The standard InChI is InChI=1S/C15H24BrN3/c1-17-15(13-4-6-14(16)7-5-13)3-2-10-19-11-8-18-9-12-19/h4-7,15,17-18H,2-3,8-12H2,1H3. The van der Waals surface area contributed by atoms with E-state index < -0.39 is 0 Å². The maximum Gasteiger partial charge on any atom is 0.0318 e. The molecule has 1 aliphatic heterocycles. The molecule has 1 heterocycles. The van der Waals surface area contributed by atoms with Gasteiger partial charge >= 0.3 is 0 Å². The number of piperazine rings is 1. The second-order valence-corrected chi connectivity index (χ2v) is 6.04. The Morgan fingerprint density at radius 3 is 2.58 bits per heavy atom. The van der Waals surface area contributed by atoms with Gasteiger partial charge in [-0.05, 0) is 44.1 Å². The van der Waals surface area contributed by atoms with Crippen molar-refractivity contribution in [1.82, 2.24) is 15.5 Å². The van der Waals surface area contributed by atoms with E-state index in [1.165, 1.54) is 38.0 Å². The van der Waals surface area contributed by atoms with Gasteiger partial charge in [-0.25, -0.2) is 0 Å². The lowest BCUT2D eigenvalue weighted by molar-refractivity contribution is 0.233. The molecule has 19 heavy (non-hydrogen) atoms. The zero-order valence-corrected chi connectivity index (χ0v) is 13.2. The van der Waals surface area contributed by atoms with Crippen molar-refractivity contribution >= 4 is 15.9 Å². The Morgan fingerprint density at radius 2 is 1.95 bits per heavy atom. The molecule has 1 aromatic rings. The van der Waals surface area contributed by atoms with Gasteiger partial charge in [0.25, 0.3) is 0 Å². The molecule has 4 heteroatoms. The van der Waals surface area contributed by atoms with Gasteiger partial charge in [-0.3, -0.25) is 0 Å². The second kappa shape index (κ2) is 8.00. The van der Waals surface area contributed by atoms with Crippen LogP contribution in [-0.4, -0.2) is 44.7 Å². The molecule has 0 amide bonds. The maximum absolute atomic E-state index is 3.49. The number of benzene rings is 1. The van der Waals surface area contributed by atoms with Crippen molar-refractivity contribution in [3.8, 4) is 0 Å². The topological polar surface area (TPSA) is 27.3 Å². The van der Waals surface area contributed by atoms with Gasteiger partial charge in [0.05, 0.1) is 0 Å². The summed E-state index contributed by atoms with van der Waals surface area (Å²) in [5, 5.41) is 6.83. The van der Waals surface area contributed by atoms with E-state index in [0.29, 0.717) is 6.04 Å². The number of halogens is 1. The summed E-state index contributed by atoms with van der Waals surface area (Å²) in [6.45, 7) is 5.89. The molecule has 1 unspecified atom stereocenters. The van der Waals surface area contributed by atoms with Crippen LogP contribution in [0.2, 0.25) is 0 Å². The Bertz CT molecular complexity index is 360. The second-order valence-electron chi connectivity index (χ2n) is 5.13. The van der Waals surface area contributed by atoms with Crippen LogP contribution < -0.4 is 10.6 Å². The fourth-order valence-corrected chi connectivity index (χ4v) is 2.89. The molecule has 1 saturated heterocycles. The minimum atomic E-state index is 0.469. The van der Waals surface area contributed by atoms with Crippen molar-refractivity contribution in [3.63, 3.8) is 0 Å². The highest BCUT2D eigenvalue weighted by molar-refractivity contribution is 9.10. The molecule has 0 bridgehead atoms. The van der Waals surface area contributed by atoms with Crippen molar-refractivity contribution in [2.45, 2.75) is 18.9 Å². The first-order chi connectivity index (χ1) is 9.29. The fourth-order valence-electron chi connectivity index (χ4n) is 2.63. The minimum absolute atomic E-state index is 0.469. The van der Waals surface area contributed by atoms with E-state index in [1.807, 2.05) is 0 Å². The van der Waals surface area contributed by atoms with Crippen LogP contribution in [0.5, 0.6) is 0 Å². The molecule has 0 saturated carbocycles. The molecule has 0 radical (unpaired) electrons. The Labute approximate surface area is 124 Å². The van der Waals surface area contributed by atoms with E-state index in [4.69, 9.17) is 0 Å². The van der Waals surface area contributed by atoms with Crippen LogP contribution in [0.1, 0.15) is 24.4 Å².